The fraction of sp³-hybridized carbons (Fsp3) is 0.909. The molecule has 2 unspecified atom stereocenters. The van der Waals surface area contributed by atoms with Gasteiger partial charge in [0.25, 0.3) is 0 Å². The van der Waals surface area contributed by atoms with Crippen LogP contribution in [0, 0.1) is 40.4 Å². The quantitative estimate of drug-likeness (QED) is 0.353. The van der Waals surface area contributed by atoms with Crippen LogP contribution in [-0.4, -0.2) is 32.5 Å². The molecule has 5 nitrogen and oxygen atoms in total. The SMILES string of the molecule is CC(=NO)[C@H]1CC[C@H]2[C@@H]3CCC4CC(=NO)CC[C@]4(C)[C@H]3C(C)(O)C[C@]12C. The molecule has 4 saturated carbocycles. The predicted molar refractivity (Wildman–Crippen MR) is 105 cm³/mol. The van der Waals surface area contributed by atoms with Gasteiger partial charge in [-0.3, -0.25) is 0 Å². The summed E-state index contributed by atoms with van der Waals surface area (Å²) in [4.78, 5) is 0. The molecule has 4 aliphatic rings. The Morgan fingerprint density at radius 1 is 1.04 bits per heavy atom. The lowest BCUT2D eigenvalue weighted by atomic mass is 9.41. The molecule has 0 aromatic heterocycles. The van der Waals surface area contributed by atoms with Crippen molar-refractivity contribution in [2.24, 2.45) is 50.7 Å². The van der Waals surface area contributed by atoms with Gasteiger partial charge in [0, 0.05) is 5.92 Å². The fourth-order valence-electron chi connectivity index (χ4n) is 8.68. The number of hydrogen-bond donors (Lipinski definition) is 3. The van der Waals surface area contributed by atoms with Crippen molar-refractivity contribution in [1.82, 2.24) is 0 Å². The highest BCUT2D eigenvalue weighted by atomic mass is 16.4. The smallest absolute Gasteiger partial charge is 0.0661 e. The maximum Gasteiger partial charge on any atom is 0.0661 e. The Balaban J connectivity index is 1.71. The van der Waals surface area contributed by atoms with Crippen molar-refractivity contribution in [3.8, 4) is 0 Å². The third-order valence-corrected chi connectivity index (χ3v) is 9.49. The van der Waals surface area contributed by atoms with E-state index in [0.29, 0.717) is 23.7 Å². The topological polar surface area (TPSA) is 85.4 Å². The summed E-state index contributed by atoms with van der Waals surface area (Å²) in [5, 5.41) is 37.6. The van der Waals surface area contributed by atoms with Gasteiger partial charge in [-0.05, 0) is 99.7 Å². The zero-order valence-corrected chi connectivity index (χ0v) is 17.3. The molecule has 27 heavy (non-hydrogen) atoms. The standard InChI is InChI=1S/C22H36N2O3/c1-13(23-26)17-7-8-18-16-6-5-14-11-15(24-27)9-10-20(14,2)19(16)22(4,25)12-21(17,18)3/h14,16-19,25-27H,5-12H2,1-4H3/t14?,16-,17+,18-,19-,20-,21+,22?/m0/s1. The molecule has 152 valence electrons. The van der Waals surface area contributed by atoms with Gasteiger partial charge in [0.05, 0.1) is 17.0 Å². The molecule has 0 aliphatic heterocycles. The van der Waals surface area contributed by atoms with Crippen molar-refractivity contribution in [2.45, 2.75) is 84.7 Å². The third kappa shape index (κ3) is 2.60. The van der Waals surface area contributed by atoms with Crippen LogP contribution in [-0.2, 0) is 0 Å². The molecule has 4 aliphatic carbocycles. The molecule has 0 saturated heterocycles. The number of aliphatic hydroxyl groups is 1. The Morgan fingerprint density at radius 3 is 2.44 bits per heavy atom. The lowest BCUT2D eigenvalue weighted by Crippen LogP contribution is -2.63. The summed E-state index contributed by atoms with van der Waals surface area (Å²) >= 11 is 0. The van der Waals surface area contributed by atoms with Gasteiger partial charge in [-0.1, -0.05) is 24.2 Å². The minimum atomic E-state index is -0.713. The first kappa shape index (κ1) is 19.2. The highest BCUT2D eigenvalue weighted by Crippen LogP contribution is 2.69. The molecular weight excluding hydrogens is 340 g/mol. The van der Waals surface area contributed by atoms with Crippen LogP contribution in [0.2, 0.25) is 0 Å². The van der Waals surface area contributed by atoms with Crippen molar-refractivity contribution >= 4 is 11.4 Å². The van der Waals surface area contributed by atoms with Gasteiger partial charge < -0.3 is 15.5 Å². The Labute approximate surface area is 162 Å². The van der Waals surface area contributed by atoms with Crippen LogP contribution >= 0.6 is 0 Å². The molecule has 0 aromatic rings. The average molecular weight is 377 g/mol. The van der Waals surface area contributed by atoms with Crippen molar-refractivity contribution in [3.05, 3.63) is 0 Å². The zero-order valence-electron chi connectivity index (χ0n) is 17.3. The lowest BCUT2D eigenvalue weighted by molar-refractivity contribution is -0.206. The van der Waals surface area contributed by atoms with Crippen LogP contribution in [0.3, 0.4) is 0 Å². The van der Waals surface area contributed by atoms with Crippen molar-refractivity contribution in [1.29, 1.82) is 0 Å². The Hall–Kier alpha value is -1.10. The number of hydrogen-bond acceptors (Lipinski definition) is 5. The van der Waals surface area contributed by atoms with E-state index in [-0.39, 0.29) is 16.7 Å². The van der Waals surface area contributed by atoms with E-state index in [0.717, 1.165) is 56.4 Å². The number of rotatable bonds is 1. The van der Waals surface area contributed by atoms with Crippen LogP contribution in [0.25, 0.3) is 0 Å². The van der Waals surface area contributed by atoms with E-state index < -0.39 is 5.60 Å². The van der Waals surface area contributed by atoms with Gasteiger partial charge in [-0.25, -0.2) is 0 Å². The molecule has 8 atom stereocenters. The first-order valence-corrected chi connectivity index (χ1v) is 10.8. The van der Waals surface area contributed by atoms with Gasteiger partial charge in [0.1, 0.15) is 0 Å². The van der Waals surface area contributed by atoms with E-state index in [1.165, 1.54) is 6.42 Å². The number of fused-ring (bicyclic) bond motifs is 5. The molecule has 4 fully saturated rings. The Bertz CT molecular complexity index is 672. The maximum atomic E-state index is 11.8. The molecule has 0 aromatic carbocycles. The zero-order chi connectivity index (χ0) is 19.6. The summed E-state index contributed by atoms with van der Waals surface area (Å²) in [7, 11) is 0. The number of nitrogens with zero attached hydrogens (tertiary/aromatic N) is 2. The average Bonchev–Trinajstić information content (AvgIpc) is 2.95. The second kappa shape index (κ2) is 6.20. The summed E-state index contributed by atoms with van der Waals surface area (Å²) in [6.45, 7) is 8.73. The Kier molecular flexibility index (Phi) is 4.41. The Morgan fingerprint density at radius 2 is 1.78 bits per heavy atom. The second-order valence-electron chi connectivity index (χ2n) is 10.8. The van der Waals surface area contributed by atoms with Gasteiger partial charge in [-0.2, -0.15) is 0 Å². The van der Waals surface area contributed by atoms with Gasteiger partial charge in [0.15, 0.2) is 0 Å². The normalized spacial score (nSPS) is 54.3. The van der Waals surface area contributed by atoms with Crippen molar-refractivity contribution in [2.75, 3.05) is 0 Å². The summed E-state index contributed by atoms with van der Waals surface area (Å²) in [6.07, 6.45) is 8.09. The van der Waals surface area contributed by atoms with E-state index >= 15 is 0 Å². The van der Waals surface area contributed by atoms with Gasteiger partial charge in [-0.15, -0.1) is 0 Å². The summed E-state index contributed by atoms with van der Waals surface area (Å²) in [5.74, 6) is 2.20. The van der Waals surface area contributed by atoms with Crippen LogP contribution in [0.15, 0.2) is 10.3 Å². The highest BCUT2D eigenvalue weighted by molar-refractivity contribution is 5.85. The van der Waals surface area contributed by atoms with Crippen LogP contribution in [0.1, 0.15) is 79.1 Å². The molecule has 0 radical (unpaired) electrons. The fourth-order valence-corrected chi connectivity index (χ4v) is 8.68. The molecule has 5 heteroatoms. The highest BCUT2D eigenvalue weighted by Gasteiger charge is 2.66. The van der Waals surface area contributed by atoms with Gasteiger partial charge in [0.2, 0.25) is 0 Å². The first-order valence-electron chi connectivity index (χ1n) is 10.8. The van der Waals surface area contributed by atoms with E-state index in [1.54, 1.807) is 0 Å². The van der Waals surface area contributed by atoms with Crippen LogP contribution in [0.5, 0.6) is 0 Å². The number of oxime groups is 2. The van der Waals surface area contributed by atoms with E-state index in [1.807, 2.05) is 6.92 Å². The van der Waals surface area contributed by atoms with E-state index in [9.17, 15) is 15.5 Å². The summed E-state index contributed by atoms with van der Waals surface area (Å²) in [5.41, 5.74) is 1.18. The summed E-state index contributed by atoms with van der Waals surface area (Å²) < 4.78 is 0. The van der Waals surface area contributed by atoms with Gasteiger partial charge >= 0.3 is 0 Å². The minimum Gasteiger partial charge on any atom is -0.411 e. The monoisotopic (exact) mass is 376 g/mol. The predicted octanol–water partition coefficient (Wildman–Crippen LogP) is 4.69. The van der Waals surface area contributed by atoms with Crippen molar-refractivity contribution in [3.63, 3.8) is 0 Å². The second-order valence-corrected chi connectivity index (χ2v) is 10.8. The van der Waals surface area contributed by atoms with Crippen LogP contribution in [0.4, 0.5) is 0 Å². The third-order valence-electron chi connectivity index (χ3n) is 9.49. The van der Waals surface area contributed by atoms with Crippen LogP contribution < -0.4 is 0 Å². The molecule has 0 bridgehead atoms. The van der Waals surface area contributed by atoms with Crippen molar-refractivity contribution < 1.29 is 15.5 Å². The molecule has 3 N–H and O–H groups in total. The molecular formula is C22H36N2O3. The molecule has 0 amide bonds. The minimum absolute atomic E-state index is 0.0105. The first-order chi connectivity index (χ1) is 12.7. The molecule has 0 spiro atoms. The largest absolute Gasteiger partial charge is 0.411 e. The van der Waals surface area contributed by atoms with E-state index in [4.69, 9.17) is 0 Å². The summed E-state index contributed by atoms with van der Waals surface area (Å²) in [6, 6.07) is 0. The lowest BCUT2D eigenvalue weighted by Gasteiger charge is -2.65. The molecule has 4 rings (SSSR count). The molecule has 0 heterocycles. The van der Waals surface area contributed by atoms with E-state index in [2.05, 4.69) is 31.1 Å². The maximum absolute atomic E-state index is 11.8.